The van der Waals surface area contributed by atoms with Crippen LogP contribution in [0.1, 0.15) is 23.3 Å². The molecule has 10 nitrogen and oxygen atoms in total. The number of nitrogen functional groups attached to an aromatic ring is 1. The summed E-state index contributed by atoms with van der Waals surface area (Å²) in [7, 11) is -3.87. The second kappa shape index (κ2) is 10.7. The maximum atomic E-state index is 13.0. The van der Waals surface area contributed by atoms with E-state index >= 15 is 0 Å². The van der Waals surface area contributed by atoms with Crippen LogP contribution in [0.3, 0.4) is 0 Å². The second-order valence-corrected chi connectivity index (χ2v) is 11.3. The zero-order valence-corrected chi connectivity index (χ0v) is 21.3. The van der Waals surface area contributed by atoms with E-state index in [0.29, 0.717) is 29.1 Å². The molecule has 16 heteroatoms. The number of nitrogens with zero attached hydrogens (tertiary/aromatic N) is 1. The number of aryl methyl sites for hydroxylation is 1. The van der Waals surface area contributed by atoms with Gasteiger partial charge in [0.2, 0.25) is 5.91 Å². The largest absolute Gasteiger partial charge is 0.490 e. The van der Waals surface area contributed by atoms with E-state index in [1.165, 1.54) is 6.26 Å². The predicted octanol–water partition coefficient (Wildman–Crippen LogP) is 3.45. The van der Waals surface area contributed by atoms with Gasteiger partial charge in [-0.15, -0.1) is 11.3 Å². The number of nitrogens with one attached hydrogen (secondary N) is 2. The molecule has 0 unspecified atom stereocenters. The van der Waals surface area contributed by atoms with Gasteiger partial charge < -0.3 is 20.2 Å². The van der Waals surface area contributed by atoms with Crippen LogP contribution in [0.5, 0.6) is 0 Å². The van der Waals surface area contributed by atoms with E-state index in [-0.39, 0.29) is 28.3 Å². The highest BCUT2D eigenvalue weighted by atomic mass is 35.5. The molecule has 0 spiro atoms. The van der Waals surface area contributed by atoms with E-state index in [2.05, 4.69) is 4.72 Å². The number of hydrogen-bond donors (Lipinski definition) is 4. The van der Waals surface area contributed by atoms with Crippen molar-refractivity contribution in [2.24, 2.45) is 5.73 Å². The Balaban J connectivity index is 0.000000479. The molecule has 1 aliphatic heterocycles. The predicted molar refractivity (Wildman–Crippen MR) is 129 cm³/mol. The van der Waals surface area contributed by atoms with Crippen LogP contribution >= 0.6 is 22.9 Å². The van der Waals surface area contributed by atoms with Crippen LogP contribution in [-0.2, 0) is 26.2 Å². The van der Waals surface area contributed by atoms with Gasteiger partial charge >= 0.3 is 12.1 Å². The number of carboxylic acids is 1. The highest BCUT2D eigenvalue weighted by Gasteiger charge is 2.38. The number of hydrogen-bond acceptors (Lipinski definition) is 7. The molecule has 0 aliphatic carbocycles. The number of rotatable bonds is 6. The van der Waals surface area contributed by atoms with Gasteiger partial charge in [-0.05, 0) is 48.6 Å². The number of sulfonamides is 1. The summed E-state index contributed by atoms with van der Waals surface area (Å²) in [4.78, 5) is 23.2. The molecule has 1 amide bonds. The minimum atomic E-state index is -5.08. The first-order valence-electron chi connectivity index (χ1n) is 10.3. The zero-order valence-electron chi connectivity index (χ0n) is 18.9. The summed E-state index contributed by atoms with van der Waals surface area (Å²) in [6.07, 6.45) is -3.28. The number of amidine groups is 1. The SMILES string of the molecule is Cc1c(S(=O)(=O)N[C@H]2CCN(Cc3coc(C(=N)N)c3)C2=O)sc2ccc(Cl)cc12.O=C(O)C(F)(F)F. The fourth-order valence-corrected chi connectivity index (χ4v) is 6.65. The van der Waals surface area contributed by atoms with Gasteiger partial charge in [-0.2, -0.15) is 17.9 Å². The Labute approximate surface area is 217 Å². The standard InChI is InChI=1S/C19H19ClN4O4S2.C2HF3O2/c1-10-13-7-12(20)2-3-16(13)29-19(10)30(26,27)23-14-4-5-24(18(14)25)8-11-6-15(17(21)22)28-9-11;3-2(4,5)1(6)7/h2-3,6-7,9,14,23H,4-5,8H2,1H3,(H3,21,22);(H,6,7)/t14-;/m0./s1. The summed E-state index contributed by atoms with van der Waals surface area (Å²) in [6, 6.07) is 6.01. The lowest BCUT2D eigenvalue weighted by Crippen LogP contribution is -2.41. The first-order valence-corrected chi connectivity index (χ1v) is 13.0. The van der Waals surface area contributed by atoms with Gasteiger partial charge in [0.05, 0.1) is 6.26 Å². The average molecular weight is 581 g/mol. The molecule has 5 N–H and O–H groups in total. The minimum absolute atomic E-state index is 0.187. The van der Waals surface area contributed by atoms with Gasteiger partial charge in [0.25, 0.3) is 10.0 Å². The number of benzene rings is 1. The molecule has 1 atom stereocenters. The van der Waals surface area contributed by atoms with E-state index < -0.39 is 28.2 Å². The molecule has 1 fully saturated rings. The lowest BCUT2D eigenvalue weighted by Gasteiger charge is -2.16. The van der Waals surface area contributed by atoms with E-state index in [0.717, 1.165) is 21.4 Å². The smallest absolute Gasteiger partial charge is 0.475 e. The van der Waals surface area contributed by atoms with Crippen molar-refractivity contribution < 1.29 is 40.7 Å². The number of alkyl halides is 3. The van der Waals surface area contributed by atoms with Crippen molar-refractivity contribution in [1.82, 2.24) is 9.62 Å². The zero-order chi connectivity index (χ0) is 27.7. The molecule has 0 saturated carbocycles. The Morgan fingerprint density at radius 2 is 2.03 bits per heavy atom. The fraction of sp³-hybridized carbons (Fsp3) is 0.286. The third kappa shape index (κ3) is 6.60. The van der Waals surface area contributed by atoms with Gasteiger partial charge in [0, 0.05) is 28.4 Å². The van der Waals surface area contributed by atoms with Crippen molar-refractivity contribution in [3.05, 3.63) is 52.4 Å². The maximum Gasteiger partial charge on any atom is 0.490 e. The molecule has 2 aromatic heterocycles. The topological polar surface area (TPSA) is 167 Å². The number of likely N-dealkylation sites (tertiary alicyclic amines) is 1. The van der Waals surface area contributed by atoms with Gasteiger partial charge in [0.1, 0.15) is 10.3 Å². The van der Waals surface area contributed by atoms with Crippen molar-refractivity contribution >= 4 is 60.8 Å². The molecule has 4 rings (SSSR count). The molecule has 37 heavy (non-hydrogen) atoms. The average Bonchev–Trinajstić information content (AvgIpc) is 3.48. The number of nitrogens with two attached hydrogens (primary N) is 1. The molecule has 3 aromatic rings. The molecule has 0 radical (unpaired) electrons. The Hall–Kier alpha value is -3.14. The maximum absolute atomic E-state index is 13.0. The minimum Gasteiger partial charge on any atom is -0.475 e. The highest BCUT2D eigenvalue weighted by Crippen LogP contribution is 2.35. The van der Waals surface area contributed by atoms with E-state index in [4.69, 9.17) is 37.1 Å². The number of halogens is 4. The molecule has 200 valence electrons. The van der Waals surface area contributed by atoms with Crippen LogP contribution in [0.25, 0.3) is 10.1 Å². The van der Waals surface area contributed by atoms with Gasteiger partial charge in [0.15, 0.2) is 11.6 Å². The number of carbonyl (C=O) groups is 2. The second-order valence-electron chi connectivity index (χ2n) is 7.91. The number of fused-ring (bicyclic) bond motifs is 1. The Kier molecular flexibility index (Phi) is 8.21. The summed E-state index contributed by atoms with van der Waals surface area (Å²) < 4.78 is 66.5. The normalized spacial score (nSPS) is 16.1. The van der Waals surface area contributed by atoms with Gasteiger partial charge in [-0.3, -0.25) is 10.2 Å². The Morgan fingerprint density at radius 3 is 2.59 bits per heavy atom. The van der Waals surface area contributed by atoms with Crippen LogP contribution < -0.4 is 10.5 Å². The summed E-state index contributed by atoms with van der Waals surface area (Å²) >= 11 is 7.19. The number of carboxylic acid groups (broad SMARTS) is 1. The monoisotopic (exact) mass is 580 g/mol. The molecular weight excluding hydrogens is 561 g/mol. The van der Waals surface area contributed by atoms with Crippen LogP contribution in [0, 0.1) is 12.3 Å². The molecule has 1 aliphatic rings. The van der Waals surface area contributed by atoms with E-state index in [1.54, 1.807) is 36.1 Å². The number of amides is 1. The summed E-state index contributed by atoms with van der Waals surface area (Å²) in [5, 5.41) is 15.8. The molecule has 1 aromatic carbocycles. The van der Waals surface area contributed by atoms with Crippen LogP contribution in [0.4, 0.5) is 13.2 Å². The summed E-state index contributed by atoms with van der Waals surface area (Å²) in [6.45, 7) is 2.40. The summed E-state index contributed by atoms with van der Waals surface area (Å²) in [5.74, 6) is -3.02. The van der Waals surface area contributed by atoms with Gasteiger partial charge in [-0.1, -0.05) is 11.6 Å². The van der Waals surface area contributed by atoms with Crippen LogP contribution in [0.15, 0.2) is 39.2 Å². The van der Waals surface area contributed by atoms with Gasteiger partial charge in [-0.25, -0.2) is 13.2 Å². The highest BCUT2D eigenvalue weighted by molar-refractivity contribution is 7.91. The van der Waals surface area contributed by atoms with Crippen molar-refractivity contribution in [1.29, 1.82) is 5.41 Å². The molecule has 0 bridgehead atoms. The fourth-order valence-electron chi connectivity index (χ4n) is 3.49. The lowest BCUT2D eigenvalue weighted by molar-refractivity contribution is -0.192. The number of aliphatic carboxylic acids is 1. The quantitative estimate of drug-likeness (QED) is 0.256. The van der Waals surface area contributed by atoms with Crippen LogP contribution in [0.2, 0.25) is 5.02 Å². The lowest BCUT2D eigenvalue weighted by atomic mass is 10.2. The number of furan rings is 1. The third-order valence-electron chi connectivity index (χ3n) is 5.23. The molecule has 3 heterocycles. The van der Waals surface area contributed by atoms with Crippen LogP contribution in [-0.4, -0.2) is 54.9 Å². The molecule has 1 saturated heterocycles. The number of thiophene rings is 1. The van der Waals surface area contributed by atoms with E-state index in [9.17, 15) is 26.4 Å². The first kappa shape index (κ1) is 28.4. The van der Waals surface area contributed by atoms with Crippen molar-refractivity contribution in [3.63, 3.8) is 0 Å². The van der Waals surface area contributed by atoms with Crippen molar-refractivity contribution in [3.8, 4) is 0 Å². The van der Waals surface area contributed by atoms with E-state index in [1.807, 2.05) is 0 Å². The Bertz CT molecular complexity index is 1470. The summed E-state index contributed by atoms with van der Waals surface area (Å²) in [5.41, 5.74) is 6.69. The van der Waals surface area contributed by atoms with Crippen molar-refractivity contribution in [2.75, 3.05) is 6.54 Å². The van der Waals surface area contributed by atoms with Crippen molar-refractivity contribution in [2.45, 2.75) is 36.3 Å². The third-order valence-corrected chi connectivity index (χ3v) is 8.83. The molecular formula is C21H20ClF3N4O6S2. The Morgan fingerprint density at radius 1 is 1.38 bits per heavy atom. The first-order chi connectivity index (χ1) is 17.1. The number of carbonyl (C=O) groups excluding carboxylic acids is 1.